The van der Waals surface area contributed by atoms with Crippen LogP contribution in [0.25, 0.3) is 10.1 Å². The van der Waals surface area contributed by atoms with Crippen molar-refractivity contribution in [2.24, 2.45) is 7.05 Å². The van der Waals surface area contributed by atoms with E-state index in [0.717, 1.165) is 37.3 Å². The van der Waals surface area contributed by atoms with Crippen LogP contribution < -0.4 is 5.56 Å². The predicted molar refractivity (Wildman–Crippen MR) is 113 cm³/mol. The minimum atomic E-state index is -1.12. The van der Waals surface area contributed by atoms with Gasteiger partial charge < -0.3 is 5.11 Å². The van der Waals surface area contributed by atoms with E-state index in [9.17, 15) is 14.7 Å². The standard InChI is InChI=1S/C20H25N5O4S/c1-6-13-17-16(18(26)24(5)23-13)15(19(27)25-8-20(4,28)9-29-25)14(30-17)7-12-10(2)21-22-11(12)3/h28H,6-9H2,1-5H3,(H,21,22)/t20-/m0/s1. The van der Waals surface area contributed by atoms with Gasteiger partial charge in [-0.3, -0.25) is 19.5 Å². The third kappa shape index (κ3) is 3.34. The monoisotopic (exact) mass is 431 g/mol. The number of amides is 1. The van der Waals surface area contributed by atoms with Gasteiger partial charge in [0.25, 0.3) is 11.5 Å². The van der Waals surface area contributed by atoms with Crippen molar-refractivity contribution >= 4 is 27.3 Å². The average Bonchev–Trinajstić information content (AvgIpc) is 3.35. The molecule has 4 heterocycles. The number of H-pyrrole nitrogens is 1. The normalized spacial score (nSPS) is 19.2. The minimum absolute atomic E-state index is 0.0237. The molecule has 30 heavy (non-hydrogen) atoms. The highest BCUT2D eigenvalue weighted by atomic mass is 32.1. The maximum absolute atomic E-state index is 13.5. The number of nitrogens with zero attached hydrogens (tertiary/aromatic N) is 4. The van der Waals surface area contributed by atoms with Gasteiger partial charge in [0.2, 0.25) is 0 Å². The zero-order valence-corrected chi connectivity index (χ0v) is 18.5. The van der Waals surface area contributed by atoms with E-state index in [2.05, 4.69) is 15.3 Å². The van der Waals surface area contributed by atoms with Crippen LogP contribution in [0.2, 0.25) is 0 Å². The molecule has 0 aliphatic carbocycles. The number of carbonyl (C=O) groups excluding carboxylic acids is 1. The van der Waals surface area contributed by atoms with Gasteiger partial charge in [0.15, 0.2) is 0 Å². The fraction of sp³-hybridized carbons (Fsp3) is 0.500. The van der Waals surface area contributed by atoms with Crippen molar-refractivity contribution in [2.45, 2.75) is 46.1 Å². The number of rotatable bonds is 4. The van der Waals surface area contributed by atoms with Gasteiger partial charge in [0.1, 0.15) is 12.2 Å². The highest BCUT2D eigenvalue weighted by Crippen LogP contribution is 2.35. The minimum Gasteiger partial charge on any atom is -0.386 e. The molecule has 1 atom stereocenters. The highest BCUT2D eigenvalue weighted by molar-refractivity contribution is 7.19. The molecule has 0 aromatic carbocycles. The molecular weight excluding hydrogens is 406 g/mol. The number of nitrogens with one attached hydrogen (secondary N) is 1. The second-order valence-corrected chi connectivity index (χ2v) is 9.14. The van der Waals surface area contributed by atoms with Crippen LogP contribution in [0.15, 0.2) is 4.79 Å². The molecule has 9 nitrogen and oxygen atoms in total. The van der Waals surface area contributed by atoms with Crippen molar-refractivity contribution in [1.29, 1.82) is 0 Å². The quantitative estimate of drug-likeness (QED) is 0.649. The van der Waals surface area contributed by atoms with Gasteiger partial charge >= 0.3 is 0 Å². The Bertz CT molecular complexity index is 1190. The molecular formula is C20H25N5O4S. The molecule has 1 fully saturated rings. The number of aryl methyl sites for hydroxylation is 4. The number of aromatic nitrogens is 4. The Balaban J connectivity index is 1.94. The third-order valence-corrected chi connectivity index (χ3v) is 6.67. The first-order chi connectivity index (χ1) is 14.1. The van der Waals surface area contributed by atoms with E-state index in [1.807, 2.05) is 20.8 Å². The van der Waals surface area contributed by atoms with E-state index in [1.165, 1.54) is 16.0 Å². The zero-order chi connectivity index (χ0) is 21.8. The summed E-state index contributed by atoms with van der Waals surface area (Å²) in [5.74, 6) is -0.418. The zero-order valence-electron chi connectivity index (χ0n) is 17.7. The molecule has 10 heteroatoms. The van der Waals surface area contributed by atoms with E-state index in [0.29, 0.717) is 23.8 Å². The van der Waals surface area contributed by atoms with E-state index < -0.39 is 11.5 Å². The van der Waals surface area contributed by atoms with Crippen molar-refractivity contribution in [3.05, 3.63) is 43.4 Å². The van der Waals surface area contributed by atoms with Crippen LogP contribution in [0, 0.1) is 13.8 Å². The fourth-order valence-corrected chi connectivity index (χ4v) is 5.12. The number of hydrogen-bond donors (Lipinski definition) is 2. The lowest BCUT2D eigenvalue weighted by Crippen LogP contribution is -2.35. The molecule has 1 aliphatic heterocycles. The Morgan fingerprint density at radius 1 is 1.40 bits per heavy atom. The average molecular weight is 432 g/mol. The Hall–Kier alpha value is -2.56. The Morgan fingerprint density at radius 3 is 2.70 bits per heavy atom. The summed E-state index contributed by atoms with van der Waals surface area (Å²) in [6, 6.07) is 0. The van der Waals surface area contributed by atoms with Crippen LogP contribution in [-0.2, 0) is 24.7 Å². The van der Waals surface area contributed by atoms with E-state index in [4.69, 9.17) is 4.84 Å². The molecule has 0 unspecified atom stereocenters. The lowest BCUT2D eigenvalue weighted by molar-refractivity contribution is -0.0796. The summed E-state index contributed by atoms with van der Waals surface area (Å²) < 4.78 is 2.01. The molecule has 1 aliphatic rings. The maximum Gasteiger partial charge on any atom is 0.279 e. The summed E-state index contributed by atoms with van der Waals surface area (Å²) in [6.45, 7) is 7.49. The Morgan fingerprint density at radius 2 is 2.13 bits per heavy atom. The number of carbonyl (C=O) groups is 1. The number of hydroxylamine groups is 2. The second kappa shape index (κ2) is 7.29. The molecule has 0 saturated carbocycles. The fourth-order valence-electron chi connectivity index (χ4n) is 3.77. The SMILES string of the molecule is CCc1nn(C)c(=O)c2c(C(=O)N3C[C@](C)(O)CO3)c(Cc3c(C)n[nH]c3C)sc12. The molecule has 3 aromatic rings. The van der Waals surface area contributed by atoms with Gasteiger partial charge in [-0.25, -0.2) is 9.75 Å². The van der Waals surface area contributed by atoms with Crippen LogP contribution in [0.5, 0.6) is 0 Å². The molecule has 0 spiro atoms. The van der Waals surface area contributed by atoms with Gasteiger partial charge in [-0.15, -0.1) is 11.3 Å². The summed E-state index contributed by atoms with van der Waals surface area (Å²) in [5.41, 5.74) is 2.42. The van der Waals surface area contributed by atoms with Gasteiger partial charge in [-0.2, -0.15) is 10.2 Å². The molecule has 1 amide bonds. The summed E-state index contributed by atoms with van der Waals surface area (Å²) in [5, 5.41) is 23.4. The molecule has 160 valence electrons. The number of thiophene rings is 1. The predicted octanol–water partition coefficient (Wildman–Crippen LogP) is 1.63. The van der Waals surface area contributed by atoms with Gasteiger partial charge in [-0.05, 0) is 27.2 Å². The lowest BCUT2D eigenvalue weighted by atomic mass is 10.0. The molecule has 3 aromatic heterocycles. The molecule has 0 radical (unpaired) electrons. The van der Waals surface area contributed by atoms with E-state index >= 15 is 0 Å². The largest absolute Gasteiger partial charge is 0.386 e. The van der Waals surface area contributed by atoms with Crippen LogP contribution in [0.1, 0.15) is 51.7 Å². The van der Waals surface area contributed by atoms with Crippen LogP contribution in [-0.4, -0.2) is 54.8 Å². The van der Waals surface area contributed by atoms with Crippen LogP contribution >= 0.6 is 11.3 Å². The number of aromatic amines is 1. The maximum atomic E-state index is 13.5. The van der Waals surface area contributed by atoms with E-state index in [1.54, 1.807) is 14.0 Å². The molecule has 4 rings (SSSR count). The smallest absolute Gasteiger partial charge is 0.279 e. The first kappa shape index (κ1) is 20.7. The molecule has 2 N–H and O–H groups in total. The van der Waals surface area contributed by atoms with Crippen LogP contribution in [0.3, 0.4) is 0 Å². The first-order valence-corrected chi connectivity index (χ1v) is 10.6. The number of fused-ring (bicyclic) bond motifs is 1. The van der Waals surface area contributed by atoms with Crippen molar-refractivity contribution in [2.75, 3.05) is 13.2 Å². The molecule has 1 saturated heterocycles. The van der Waals surface area contributed by atoms with Crippen molar-refractivity contribution in [3.8, 4) is 0 Å². The van der Waals surface area contributed by atoms with E-state index in [-0.39, 0.29) is 18.7 Å². The lowest BCUT2D eigenvalue weighted by Gasteiger charge is -2.16. The molecule has 0 bridgehead atoms. The van der Waals surface area contributed by atoms with Crippen molar-refractivity contribution in [1.82, 2.24) is 25.0 Å². The first-order valence-electron chi connectivity index (χ1n) is 9.82. The van der Waals surface area contributed by atoms with Gasteiger partial charge in [-0.1, -0.05) is 6.92 Å². The summed E-state index contributed by atoms with van der Waals surface area (Å²) in [7, 11) is 1.59. The Kier molecular flexibility index (Phi) is 5.03. The number of hydrogen-bond acceptors (Lipinski definition) is 7. The summed E-state index contributed by atoms with van der Waals surface area (Å²) in [4.78, 5) is 32.8. The summed E-state index contributed by atoms with van der Waals surface area (Å²) in [6.07, 6.45) is 1.10. The van der Waals surface area contributed by atoms with Gasteiger partial charge in [0, 0.05) is 29.6 Å². The number of aliphatic hydroxyl groups is 1. The highest BCUT2D eigenvalue weighted by Gasteiger charge is 2.38. The van der Waals surface area contributed by atoms with Gasteiger partial charge in [0.05, 0.1) is 33.6 Å². The topological polar surface area (TPSA) is 113 Å². The Labute approximate surface area is 177 Å². The number of β-amino-alcohol motifs (C(OH)–C–C–N with tert-alkyl or cyclic N) is 1. The van der Waals surface area contributed by atoms with Crippen molar-refractivity contribution < 1.29 is 14.7 Å². The second-order valence-electron chi connectivity index (χ2n) is 8.03. The third-order valence-electron chi connectivity index (χ3n) is 5.43. The summed E-state index contributed by atoms with van der Waals surface area (Å²) >= 11 is 1.42. The van der Waals surface area contributed by atoms with Crippen molar-refractivity contribution in [3.63, 3.8) is 0 Å². The van der Waals surface area contributed by atoms with Crippen LogP contribution in [0.4, 0.5) is 0 Å².